The molecule has 0 radical (unpaired) electrons. The number of benzene rings is 2. The number of anilines is 2. The van der Waals surface area contributed by atoms with Gasteiger partial charge in [0.05, 0.1) is 24.0 Å². The zero-order valence-electron chi connectivity index (χ0n) is 17.1. The Hall–Kier alpha value is -3.07. The van der Waals surface area contributed by atoms with Gasteiger partial charge in [0.15, 0.2) is 5.75 Å². The number of hydrogen-bond donors (Lipinski definition) is 2. The quantitative estimate of drug-likeness (QED) is 0.691. The number of para-hydroxylation sites is 2. The molecule has 0 aromatic heterocycles. The van der Waals surface area contributed by atoms with Gasteiger partial charge in [-0.2, -0.15) is 0 Å². The Labute approximate surface area is 188 Å². The van der Waals surface area contributed by atoms with E-state index in [2.05, 4.69) is 26.6 Å². The molecule has 2 heterocycles. The predicted octanol–water partition coefficient (Wildman–Crippen LogP) is 3.55. The number of hydrogen-bond acceptors (Lipinski definition) is 4. The van der Waals surface area contributed by atoms with Crippen molar-refractivity contribution in [3.63, 3.8) is 0 Å². The number of amides is 4. The topological polar surface area (TPSA) is 91.0 Å². The first kappa shape index (κ1) is 21.2. The molecule has 162 valence electrons. The molecule has 8 nitrogen and oxygen atoms in total. The summed E-state index contributed by atoms with van der Waals surface area (Å²) >= 11 is 3.39. The van der Waals surface area contributed by atoms with Gasteiger partial charge in [0.1, 0.15) is 6.54 Å². The van der Waals surface area contributed by atoms with Crippen molar-refractivity contribution in [1.82, 2.24) is 9.80 Å². The van der Waals surface area contributed by atoms with Crippen LogP contribution in [0.25, 0.3) is 0 Å². The largest absolute Gasteiger partial charge is 0.494 e. The third kappa shape index (κ3) is 4.36. The number of halogens is 1. The summed E-state index contributed by atoms with van der Waals surface area (Å²) in [4.78, 5) is 41.6. The number of ether oxygens (including phenoxy) is 1. The molecule has 2 aliphatic rings. The number of nitrogens with one attached hydrogen (secondary N) is 2. The molecule has 4 rings (SSSR count). The zero-order valence-corrected chi connectivity index (χ0v) is 18.6. The highest BCUT2D eigenvalue weighted by molar-refractivity contribution is 9.10. The molecule has 0 aliphatic carbocycles. The first-order valence-corrected chi connectivity index (χ1v) is 10.9. The van der Waals surface area contributed by atoms with Crippen LogP contribution in [-0.4, -0.2) is 60.4 Å². The molecule has 0 spiro atoms. The zero-order chi connectivity index (χ0) is 22.0. The minimum absolute atomic E-state index is 0.0248. The Morgan fingerprint density at radius 1 is 1.10 bits per heavy atom. The summed E-state index contributed by atoms with van der Waals surface area (Å²) in [5.41, 5.74) is 1.28. The lowest BCUT2D eigenvalue weighted by atomic mass is 10.1. The SMILES string of the molecule is COc1c(NC(=O)Nc2ccccc2Br)cccc1C(=O)N1CC(=O)N2CCCC2C1. The summed E-state index contributed by atoms with van der Waals surface area (Å²) in [7, 11) is 1.45. The maximum atomic E-state index is 13.2. The lowest BCUT2D eigenvalue weighted by molar-refractivity contribution is -0.136. The van der Waals surface area contributed by atoms with Crippen molar-refractivity contribution in [2.75, 3.05) is 37.4 Å². The van der Waals surface area contributed by atoms with Crippen LogP contribution in [0.2, 0.25) is 0 Å². The molecule has 2 aromatic carbocycles. The minimum Gasteiger partial charge on any atom is -0.494 e. The molecule has 0 saturated carbocycles. The first-order valence-electron chi connectivity index (χ1n) is 10.1. The number of methoxy groups -OCH3 is 1. The Balaban J connectivity index is 1.52. The van der Waals surface area contributed by atoms with Gasteiger partial charge in [0.25, 0.3) is 5.91 Å². The van der Waals surface area contributed by atoms with E-state index in [0.717, 1.165) is 23.9 Å². The Morgan fingerprint density at radius 3 is 2.61 bits per heavy atom. The van der Waals surface area contributed by atoms with Crippen molar-refractivity contribution < 1.29 is 19.1 Å². The average molecular weight is 487 g/mol. The van der Waals surface area contributed by atoms with Crippen LogP contribution in [-0.2, 0) is 4.79 Å². The van der Waals surface area contributed by atoms with Gasteiger partial charge >= 0.3 is 6.03 Å². The normalized spacial score (nSPS) is 17.9. The van der Waals surface area contributed by atoms with Crippen LogP contribution in [0.4, 0.5) is 16.2 Å². The van der Waals surface area contributed by atoms with E-state index in [1.807, 2.05) is 23.1 Å². The van der Waals surface area contributed by atoms with Gasteiger partial charge in [0.2, 0.25) is 5.91 Å². The van der Waals surface area contributed by atoms with Crippen LogP contribution < -0.4 is 15.4 Å². The molecular weight excluding hydrogens is 464 g/mol. The van der Waals surface area contributed by atoms with Crippen molar-refractivity contribution in [3.05, 3.63) is 52.5 Å². The molecule has 2 saturated heterocycles. The summed E-state index contributed by atoms with van der Waals surface area (Å²) < 4.78 is 6.23. The maximum absolute atomic E-state index is 13.2. The molecule has 2 fully saturated rings. The number of rotatable bonds is 4. The summed E-state index contributed by atoms with van der Waals surface area (Å²) in [6, 6.07) is 11.8. The summed E-state index contributed by atoms with van der Waals surface area (Å²) in [5, 5.41) is 5.49. The van der Waals surface area contributed by atoms with E-state index in [0.29, 0.717) is 23.5 Å². The van der Waals surface area contributed by atoms with E-state index >= 15 is 0 Å². The van der Waals surface area contributed by atoms with Gasteiger partial charge < -0.3 is 25.2 Å². The summed E-state index contributed by atoms with van der Waals surface area (Å²) in [6.07, 6.45) is 1.87. The van der Waals surface area contributed by atoms with E-state index in [1.165, 1.54) is 7.11 Å². The number of fused-ring (bicyclic) bond motifs is 1. The highest BCUT2D eigenvalue weighted by Crippen LogP contribution is 2.32. The number of nitrogens with zero attached hydrogens (tertiary/aromatic N) is 2. The van der Waals surface area contributed by atoms with Crippen molar-refractivity contribution in [2.24, 2.45) is 0 Å². The summed E-state index contributed by atoms with van der Waals surface area (Å²) in [6.45, 7) is 1.33. The molecule has 31 heavy (non-hydrogen) atoms. The number of piperazine rings is 1. The van der Waals surface area contributed by atoms with Gasteiger partial charge in [-0.3, -0.25) is 9.59 Å². The Kier molecular flexibility index (Phi) is 6.13. The van der Waals surface area contributed by atoms with Crippen LogP contribution in [0.3, 0.4) is 0 Å². The lowest BCUT2D eigenvalue weighted by Gasteiger charge is -2.37. The van der Waals surface area contributed by atoms with Gasteiger partial charge in [-0.1, -0.05) is 18.2 Å². The molecule has 1 atom stereocenters. The molecule has 2 N–H and O–H groups in total. The van der Waals surface area contributed by atoms with E-state index < -0.39 is 6.03 Å². The number of carbonyl (C=O) groups is 3. The van der Waals surface area contributed by atoms with Gasteiger partial charge in [0, 0.05) is 23.6 Å². The fraction of sp³-hybridized carbons (Fsp3) is 0.318. The third-order valence-electron chi connectivity index (χ3n) is 5.56. The minimum atomic E-state index is -0.468. The predicted molar refractivity (Wildman–Crippen MR) is 120 cm³/mol. The number of carbonyl (C=O) groups excluding carboxylic acids is 3. The smallest absolute Gasteiger partial charge is 0.323 e. The van der Waals surface area contributed by atoms with E-state index in [4.69, 9.17) is 4.74 Å². The van der Waals surface area contributed by atoms with E-state index in [9.17, 15) is 14.4 Å². The van der Waals surface area contributed by atoms with Gasteiger partial charge in [-0.05, 0) is 53.0 Å². The maximum Gasteiger partial charge on any atom is 0.323 e. The van der Waals surface area contributed by atoms with Crippen molar-refractivity contribution >= 4 is 45.2 Å². The highest BCUT2D eigenvalue weighted by Gasteiger charge is 2.38. The van der Waals surface area contributed by atoms with Crippen LogP contribution in [0.1, 0.15) is 23.2 Å². The van der Waals surface area contributed by atoms with Gasteiger partial charge in [-0.15, -0.1) is 0 Å². The molecule has 4 amide bonds. The summed E-state index contributed by atoms with van der Waals surface area (Å²) in [5.74, 6) is -0.0501. The Morgan fingerprint density at radius 2 is 1.84 bits per heavy atom. The van der Waals surface area contributed by atoms with E-state index in [1.54, 1.807) is 29.2 Å². The Bertz CT molecular complexity index is 1030. The molecule has 0 bridgehead atoms. The third-order valence-corrected chi connectivity index (χ3v) is 6.25. The van der Waals surface area contributed by atoms with Crippen LogP contribution >= 0.6 is 15.9 Å². The van der Waals surface area contributed by atoms with E-state index in [-0.39, 0.29) is 30.2 Å². The first-order chi connectivity index (χ1) is 15.0. The molecular formula is C22H23BrN4O4. The highest BCUT2D eigenvalue weighted by atomic mass is 79.9. The average Bonchev–Trinajstić information content (AvgIpc) is 3.24. The molecule has 2 aliphatic heterocycles. The molecule has 9 heteroatoms. The van der Waals surface area contributed by atoms with Crippen LogP contribution in [0.5, 0.6) is 5.75 Å². The molecule has 2 aromatic rings. The standard InChI is InChI=1S/C22H23BrN4O4/c1-31-20-15(21(29)26-12-14-6-5-11-27(14)19(28)13-26)7-4-10-18(20)25-22(30)24-17-9-3-2-8-16(17)23/h2-4,7-10,14H,5-6,11-13H2,1H3,(H2,24,25,30). The van der Waals surface area contributed by atoms with Crippen molar-refractivity contribution in [3.8, 4) is 5.75 Å². The fourth-order valence-corrected chi connectivity index (χ4v) is 4.50. The number of urea groups is 1. The van der Waals surface area contributed by atoms with Crippen LogP contribution in [0, 0.1) is 0 Å². The lowest BCUT2D eigenvalue weighted by Crippen LogP contribution is -2.55. The van der Waals surface area contributed by atoms with Crippen LogP contribution in [0.15, 0.2) is 46.9 Å². The van der Waals surface area contributed by atoms with Gasteiger partial charge in [-0.25, -0.2) is 4.79 Å². The second kappa shape index (κ2) is 8.97. The fourth-order valence-electron chi connectivity index (χ4n) is 4.11. The second-order valence-corrected chi connectivity index (χ2v) is 8.37. The van der Waals surface area contributed by atoms with Crippen molar-refractivity contribution in [1.29, 1.82) is 0 Å². The monoisotopic (exact) mass is 486 g/mol. The molecule has 1 unspecified atom stereocenters. The van der Waals surface area contributed by atoms with Crippen molar-refractivity contribution in [2.45, 2.75) is 18.9 Å². The second-order valence-electron chi connectivity index (χ2n) is 7.51.